The molecule has 17 heavy (non-hydrogen) atoms. The largest absolute Gasteiger partial charge is 0.384 e. The Morgan fingerprint density at radius 3 is 2.76 bits per heavy atom. The molecule has 0 amide bonds. The van der Waals surface area contributed by atoms with Crippen molar-refractivity contribution in [3.63, 3.8) is 0 Å². The third-order valence-electron chi connectivity index (χ3n) is 2.46. The van der Waals surface area contributed by atoms with Gasteiger partial charge in [-0.1, -0.05) is 6.92 Å². The van der Waals surface area contributed by atoms with Crippen molar-refractivity contribution in [3.8, 4) is 0 Å². The van der Waals surface area contributed by atoms with Gasteiger partial charge in [0.1, 0.15) is 10.8 Å². The molecule has 0 saturated carbocycles. The number of hydrogen-bond donors (Lipinski definition) is 2. The zero-order chi connectivity index (χ0) is 12.3. The number of nitrogens with one attached hydrogen (secondary N) is 1. The van der Waals surface area contributed by atoms with E-state index >= 15 is 0 Å². The van der Waals surface area contributed by atoms with Gasteiger partial charge < -0.3 is 11.1 Å². The third-order valence-corrected chi connectivity index (χ3v) is 3.78. The molecule has 0 aliphatic rings. The molecule has 2 aromatic rings. The van der Waals surface area contributed by atoms with E-state index in [9.17, 15) is 0 Å². The fourth-order valence-corrected chi connectivity index (χ4v) is 2.35. The Balaban J connectivity index is 2.05. The molecule has 1 unspecified atom stereocenters. The maximum Gasteiger partial charge on any atom is 0.123 e. The molecule has 2 heterocycles. The average molecular weight is 248 g/mol. The molecule has 2 aromatic heterocycles. The van der Waals surface area contributed by atoms with E-state index in [1.54, 1.807) is 23.6 Å². The predicted octanol–water partition coefficient (Wildman–Crippen LogP) is 2.86. The summed E-state index contributed by atoms with van der Waals surface area (Å²) >= 11 is 1.74. The van der Waals surface area contributed by atoms with Crippen LogP contribution in [0.25, 0.3) is 0 Å². The van der Waals surface area contributed by atoms with Gasteiger partial charge in [0.2, 0.25) is 0 Å². The molecule has 2 rings (SSSR count). The summed E-state index contributed by atoms with van der Waals surface area (Å²) in [6.07, 6.45) is 4.72. The van der Waals surface area contributed by atoms with Gasteiger partial charge in [-0.2, -0.15) is 0 Å². The average Bonchev–Trinajstić information content (AvgIpc) is 2.81. The zero-order valence-corrected chi connectivity index (χ0v) is 10.8. The van der Waals surface area contributed by atoms with Crippen molar-refractivity contribution in [3.05, 3.63) is 34.4 Å². The summed E-state index contributed by atoms with van der Waals surface area (Å²) < 4.78 is 0. The number of hydrogen-bond acceptors (Lipinski definition) is 5. The van der Waals surface area contributed by atoms with E-state index in [2.05, 4.69) is 29.1 Å². The Morgan fingerprint density at radius 2 is 2.18 bits per heavy atom. The lowest BCUT2D eigenvalue weighted by atomic mass is 10.3. The van der Waals surface area contributed by atoms with Crippen molar-refractivity contribution < 1.29 is 0 Å². The number of nitrogens with two attached hydrogens (primary N) is 1. The van der Waals surface area contributed by atoms with E-state index in [1.807, 2.05) is 12.3 Å². The van der Waals surface area contributed by atoms with Gasteiger partial charge in [0.25, 0.3) is 0 Å². The molecule has 0 bridgehead atoms. The summed E-state index contributed by atoms with van der Waals surface area (Å²) in [5.41, 5.74) is 6.50. The molecule has 0 radical (unpaired) electrons. The van der Waals surface area contributed by atoms with Crippen molar-refractivity contribution >= 4 is 22.8 Å². The standard InChI is InChI=1S/C12H16N4S/c1-3-10-7-15-12(17-10)8(2)16-9-4-5-11(13)14-6-9/h4-8,16H,3H2,1-2H3,(H2,13,14). The van der Waals surface area contributed by atoms with Crippen LogP contribution in [0.15, 0.2) is 24.5 Å². The highest BCUT2D eigenvalue weighted by Crippen LogP contribution is 2.23. The van der Waals surface area contributed by atoms with Crippen LogP contribution < -0.4 is 11.1 Å². The van der Waals surface area contributed by atoms with Crippen LogP contribution in [-0.4, -0.2) is 9.97 Å². The summed E-state index contributed by atoms with van der Waals surface area (Å²) in [4.78, 5) is 9.77. The fraction of sp³-hybridized carbons (Fsp3) is 0.333. The minimum Gasteiger partial charge on any atom is -0.384 e. The highest BCUT2D eigenvalue weighted by atomic mass is 32.1. The number of thiazole rings is 1. The van der Waals surface area contributed by atoms with E-state index in [1.165, 1.54) is 4.88 Å². The van der Waals surface area contributed by atoms with Crippen LogP contribution >= 0.6 is 11.3 Å². The number of rotatable bonds is 4. The van der Waals surface area contributed by atoms with Gasteiger partial charge >= 0.3 is 0 Å². The minimum atomic E-state index is 0.186. The lowest BCUT2D eigenvalue weighted by Crippen LogP contribution is -2.06. The van der Waals surface area contributed by atoms with Gasteiger partial charge in [-0.3, -0.25) is 0 Å². The van der Waals surface area contributed by atoms with E-state index in [0.717, 1.165) is 17.1 Å². The Bertz CT molecular complexity index is 478. The molecule has 0 aliphatic heterocycles. The van der Waals surface area contributed by atoms with Crippen LogP contribution in [0.1, 0.15) is 29.8 Å². The molecule has 5 heteroatoms. The Kier molecular flexibility index (Phi) is 3.58. The quantitative estimate of drug-likeness (QED) is 0.873. The number of anilines is 2. The lowest BCUT2D eigenvalue weighted by Gasteiger charge is -2.12. The maximum absolute atomic E-state index is 5.54. The number of aryl methyl sites for hydroxylation is 1. The molecular formula is C12H16N4S. The Hall–Kier alpha value is -1.62. The minimum absolute atomic E-state index is 0.186. The molecule has 90 valence electrons. The van der Waals surface area contributed by atoms with Crippen molar-refractivity contribution in [2.75, 3.05) is 11.1 Å². The smallest absolute Gasteiger partial charge is 0.123 e. The van der Waals surface area contributed by atoms with Gasteiger partial charge in [-0.15, -0.1) is 11.3 Å². The first-order valence-electron chi connectivity index (χ1n) is 5.61. The van der Waals surface area contributed by atoms with Gasteiger partial charge in [0.05, 0.1) is 17.9 Å². The summed E-state index contributed by atoms with van der Waals surface area (Å²) in [7, 11) is 0. The summed E-state index contributed by atoms with van der Waals surface area (Å²) in [6.45, 7) is 4.23. The van der Waals surface area contributed by atoms with Gasteiger partial charge in [-0.25, -0.2) is 9.97 Å². The predicted molar refractivity (Wildman–Crippen MR) is 72.2 cm³/mol. The first kappa shape index (κ1) is 11.9. The van der Waals surface area contributed by atoms with E-state index in [-0.39, 0.29) is 6.04 Å². The van der Waals surface area contributed by atoms with Gasteiger partial charge in [-0.05, 0) is 25.5 Å². The molecule has 4 nitrogen and oxygen atoms in total. The fourth-order valence-electron chi connectivity index (χ4n) is 1.49. The van der Waals surface area contributed by atoms with Crippen molar-refractivity contribution in [1.82, 2.24) is 9.97 Å². The maximum atomic E-state index is 5.54. The van der Waals surface area contributed by atoms with Crippen LogP contribution in [0.5, 0.6) is 0 Å². The number of pyridine rings is 1. The number of aromatic nitrogens is 2. The molecule has 0 aliphatic carbocycles. The second kappa shape index (κ2) is 5.14. The van der Waals surface area contributed by atoms with Crippen LogP contribution in [0, 0.1) is 0 Å². The van der Waals surface area contributed by atoms with Crippen molar-refractivity contribution in [2.45, 2.75) is 26.3 Å². The lowest BCUT2D eigenvalue weighted by molar-refractivity contribution is 0.868. The highest BCUT2D eigenvalue weighted by Gasteiger charge is 2.09. The highest BCUT2D eigenvalue weighted by molar-refractivity contribution is 7.11. The summed E-state index contributed by atoms with van der Waals surface area (Å²) in [5, 5.41) is 4.45. The number of nitrogens with zero attached hydrogens (tertiary/aromatic N) is 2. The molecule has 0 aromatic carbocycles. The first-order chi connectivity index (χ1) is 8.19. The van der Waals surface area contributed by atoms with Crippen molar-refractivity contribution in [2.24, 2.45) is 0 Å². The summed E-state index contributed by atoms with van der Waals surface area (Å²) in [5.74, 6) is 0.533. The molecule has 0 spiro atoms. The topological polar surface area (TPSA) is 63.8 Å². The van der Waals surface area contributed by atoms with Crippen LogP contribution in [-0.2, 0) is 6.42 Å². The summed E-state index contributed by atoms with van der Waals surface area (Å²) in [6, 6.07) is 3.90. The van der Waals surface area contributed by atoms with Crippen molar-refractivity contribution in [1.29, 1.82) is 0 Å². The van der Waals surface area contributed by atoms with Gasteiger partial charge in [0.15, 0.2) is 0 Å². The molecule has 3 N–H and O–H groups in total. The van der Waals surface area contributed by atoms with E-state index < -0.39 is 0 Å². The zero-order valence-electron chi connectivity index (χ0n) is 9.97. The molecule has 1 atom stereocenters. The Morgan fingerprint density at radius 1 is 1.35 bits per heavy atom. The first-order valence-corrected chi connectivity index (χ1v) is 6.43. The number of nitrogen functional groups attached to an aromatic ring is 1. The molecular weight excluding hydrogens is 232 g/mol. The van der Waals surface area contributed by atoms with E-state index in [4.69, 9.17) is 5.73 Å². The monoisotopic (exact) mass is 248 g/mol. The van der Waals surface area contributed by atoms with Crippen LogP contribution in [0.4, 0.5) is 11.5 Å². The molecule has 0 fully saturated rings. The second-order valence-corrected chi connectivity index (χ2v) is 5.00. The Labute approximate surface area is 105 Å². The van der Waals surface area contributed by atoms with Crippen LogP contribution in [0.3, 0.4) is 0 Å². The van der Waals surface area contributed by atoms with Gasteiger partial charge in [0, 0.05) is 11.1 Å². The SMILES string of the molecule is CCc1cnc(C(C)Nc2ccc(N)nc2)s1. The molecule has 0 saturated heterocycles. The van der Waals surface area contributed by atoms with E-state index in [0.29, 0.717) is 5.82 Å². The van der Waals surface area contributed by atoms with Crippen LogP contribution in [0.2, 0.25) is 0 Å². The normalized spacial score (nSPS) is 12.4. The second-order valence-electron chi connectivity index (χ2n) is 3.86. The third kappa shape index (κ3) is 2.94.